The molecule has 0 unspecified atom stereocenters. The highest BCUT2D eigenvalue weighted by Crippen LogP contribution is 2.14. The second kappa shape index (κ2) is 6.40. The summed E-state index contributed by atoms with van der Waals surface area (Å²) >= 11 is 0. The molecule has 1 aromatic carbocycles. The SMILES string of the molecule is CC(C)(C)NC(=O)c1cccc(OCCCN)c1. The van der Waals surface area contributed by atoms with Crippen LogP contribution in [0.2, 0.25) is 0 Å². The van der Waals surface area contributed by atoms with Crippen LogP contribution in [-0.4, -0.2) is 24.6 Å². The number of carbonyl (C=O) groups excluding carboxylic acids is 1. The predicted molar refractivity (Wildman–Crippen MR) is 72.8 cm³/mol. The van der Waals surface area contributed by atoms with Gasteiger partial charge in [0.15, 0.2) is 0 Å². The van der Waals surface area contributed by atoms with E-state index >= 15 is 0 Å². The molecule has 0 fully saturated rings. The van der Waals surface area contributed by atoms with Crippen molar-refractivity contribution < 1.29 is 9.53 Å². The monoisotopic (exact) mass is 250 g/mol. The third-order valence-corrected chi connectivity index (χ3v) is 2.20. The molecule has 3 N–H and O–H groups in total. The van der Waals surface area contributed by atoms with Crippen LogP contribution in [0.1, 0.15) is 37.6 Å². The van der Waals surface area contributed by atoms with Gasteiger partial charge in [0.05, 0.1) is 6.61 Å². The summed E-state index contributed by atoms with van der Waals surface area (Å²) in [4.78, 5) is 12.0. The molecule has 1 rings (SSSR count). The molecule has 0 radical (unpaired) electrons. The summed E-state index contributed by atoms with van der Waals surface area (Å²) < 4.78 is 5.51. The smallest absolute Gasteiger partial charge is 0.251 e. The first kappa shape index (κ1) is 14.5. The molecule has 18 heavy (non-hydrogen) atoms. The highest BCUT2D eigenvalue weighted by molar-refractivity contribution is 5.95. The number of rotatable bonds is 5. The minimum absolute atomic E-state index is 0.0909. The van der Waals surface area contributed by atoms with E-state index in [9.17, 15) is 4.79 Å². The Balaban J connectivity index is 2.66. The highest BCUT2D eigenvalue weighted by Gasteiger charge is 2.15. The van der Waals surface area contributed by atoms with E-state index in [1.165, 1.54) is 0 Å². The lowest BCUT2D eigenvalue weighted by Gasteiger charge is -2.20. The largest absolute Gasteiger partial charge is 0.494 e. The van der Waals surface area contributed by atoms with E-state index < -0.39 is 0 Å². The summed E-state index contributed by atoms with van der Waals surface area (Å²) in [5, 5.41) is 2.92. The number of nitrogens with one attached hydrogen (secondary N) is 1. The Hall–Kier alpha value is -1.55. The van der Waals surface area contributed by atoms with E-state index in [1.807, 2.05) is 32.9 Å². The standard InChI is InChI=1S/C14H22N2O2/c1-14(2,3)16-13(17)11-6-4-7-12(10-11)18-9-5-8-15/h4,6-7,10H,5,8-9,15H2,1-3H3,(H,16,17). The number of ether oxygens (including phenoxy) is 1. The predicted octanol–water partition coefficient (Wildman–Crippen LogP) is 1.94. The average Bonchev–Trinajstić information content (AvgIpc) is 2.27. The van der Waals surface area contributed by atoms with Crippen LogP contribution in [0, 0.1) is 0 Å². The third kappa shape index (κ3) is 5.19. The number of carbonyl (C=O) groups is 1. The molecular weight excluding hydrogens is 228 g/mol. The normalized spacial score (nSPS) is 11.1. The first-order chi connectivity index (χ1) is 8.42. The average molecular weight is 250 g/mol. The molecule has 0 aromatic heterocycles. The molecule has 1 aromatic rings. The third-order valence-electron chi connectivity index (χ3n) is 2.20. The quantitative estimate of drug-likeness (QED) is 0.785. The van der Waals surface area contributed by atoms with Crippen molar-refractivity contribution in [1.29, 1.82) is 0 Å². The summed E-state index contributed by atoms with van der Waals surface area (Å²) in [5.74, 6) is 0.608. The minimum Gasteiger partial charge on any atom is -0.494 e. The van der Waals surface area contributed by atoms with Gasteiger partial charge in [-0.1, -0.05) is 6.07 Å². The van der Waals surface area contributed by atoms with E-state index in [-0.39, 0.29) is 11.4 Å². The topological polar surface area (TPSA) is 64.3 Å². The molecule has 1 amide bonds. The lowest BCUT2D eigenvalue weighted by atomic mass is 10.1. The lowest BCUT2D eigenvalue weighted by Crippen LogP contribution is -2.40. The van der Waals surface area contributed by atoms with Gasteiger partial charge >= 0.3 is 0 Å². The molecule has 4 heteroatoms. The Morgan fingerprint density at radius 2 is 2.11 bits per heavy atom. The molecular formula is C14H22N2O2. The number of benzene rings is 1. The van der Waals surface area contributed by atoms with Crippen molar-refractivity contribution in [2.24, 2.45) is 5.73 Å². The molecule has 0 spiro atoms. The van der Waals surface area contributed by atoms with Crippen LogP contribution in [0.3, 0.4) is 0 Å². The van der Waals surface area contributed by atoms with Crippen LogP contribution in [0.5, 0.6) is 5.75 Å². The molecule has 0 saturated heterocycles. The van der Waals surface area contributed by atoms with Crippen molar-refractivity contribution in [3.8, 4) is 5.75 Å². The van der Waals surface area contributed by atoms with E-state index in [2.05, 4.69) is 5.32 Å². The maximum atomic E-state index is 12.0. The fraction of sp³-hybridized carbons (Fsp3) is 0.500. The van der Waals surface area contributed by atoms with Crippen LogP contribution in [0.25, 0.3) is 0 Å². The number of amides is 1. The van der Waals surface area contributed by atoms with Gasteiger partial charge in [0, 0.05) is 11.1 Å². The molecule has 0 aliphatic carbocycles. The second-order valence-electron chi connectivity index (χ2n) is 5.22. The van der Waals surface area contributed by atoms with Gasteiger partial charge in [-0.2, -0.15) is 0 Å². The van der Waals surface area contributed by atoms with Crippen molar-refractivity contribution in [3.63, 3.8) is 0 Å². The highest BCUT2D eigenvalue weighted by atomic mass is 16.5. The molecule has 100 valence electrons. The lowest BCUT2D eigenvalue weighted by molar-refractivity contribution is 0.0919. The van der Waals surface area contributed by atoms with E-state index in [0.29, 0.717) is 24.5 Å². The first-order valence-electron chi connectivity index (χ1n) is 6.18. The zero-order valence-electron chi connectivity index (χ0n) is 11.3. The molecule has 0 saturated carbocycles. The Bertz CT molecular complexity index is 397. The van der Waals surface area contributed by atoms with Gasteiger partial charge in [-0.15, -0.1) is 0 Å². The van der Waals surface area contributed by atoms with Crippen molar-refractivity contribution in [3.05, 3.63) is 29.8 Å². The van der Waals surface area contributed by atoms with Gasteiger partial charge < -0.3 is 15.8 Å². The van der Waals surface area contributed by atoms with Crippen molar-refractivity contribution in [2.75, 3.05) is 13.2 Å². The fourth-order valence-corrected chi connectivity index (χ4v) is 1.41. The zero-order valence-corrected chi connectivity index (χ0v) is 11.3. The van der Waals surface area contributed by atoms with Gasteiger partial charge in [0.1, 0.15) is 5.75 Å². The van der Waals surface area contributed by atoms with Crippen LogP contribution in [0.4, 0.5) is 0 Å². The molecule has 0 bridgehead atoms. The Labute approximate surface area is 109 Å². The molecule has 4 nitrogen and oxygen atoms in total. The Morgan fingerprint density at radius 3 is 2.72 bits per heavy atom. The fourth-order valence-electron chi connectivity index (χ4n) is 1.41. The summed E-state index contributed by atoms with van der Waals surface area (Å²) in [5.41, 5.74) is 5.76. The number of hydrogen-bond acceptors (Lipinski definition) is 3. The van der Waals surface area contributed by atoms with Crippen LogP contribution < -0.4 is 15.8 Å². The van der Waals surface area contributed by atoms with Crippen molar-refractivity contribution in [1.82, 2.24) is 5.32 Å². The van der Waals surface area contributed by atoms with Crippen molar-refractivity contribution in [2.45, 2.75) is 32.7 Å². The number of hydrogen-bond donors (Lipinski definition) is 2. The maximum absolute atomic E-state index is 12.0. The van der Waals surface area contributed by atoms with Gasteiger partial charge in [-0.05, 0) is 51.9 Å². The summed E-state index contributed by atoms with van der Waals surface area (Å²) in [6.07, 6.45) is 0.804. The Kier molecular flexibility index (Phi) is 5.16. The maximum Gasteiger partial charge on any atom is 0.251 e. The van der Waals surface area contributed by atoms with Gasteiger partial charge in [0.25, 0.3) is 5.91 Å². The van der Waals surface area contributed by atoms with Gasteiger partial charge in [-0.25, -0.2) is 0 Å². The Morgan fingerprint density at radius 1 is 1.39 bits per heavy atom. The van der Waals surface area contributed by atoms with Crippen LogP contribution >= 0.6 is 0 Å². The summed E-state index contributed by atoms with van der Waals surface area (Å²) in [6, 6.07) is 7.17. The molecule has 0 heterocycles. The number of nitrogens with two attached hydrogens (primary N) is 1. The first-order valence-corrected chi connectivity index (χ1v) is 6.18. The van der Waals surface area contributed by atoms with E-state index in [4.69, 9.17) is 10.5 Å². The van der Waals surface area contributed by atoms with E-state index in [0.717, 1.165) is 6.42 Å². The van der Waals surface area contributed by atoms with Gasteiger partial charge in [0.2, 0.25) is 0 Å². The second-order valence-corrected chi connectivity index (χ2v) is 5.22. The van der Waals surface area contributed by atoms with Crippen LogP contribution in [0.15, 0.2) is 24.3 Å². The summed E-state index contributed by atoms with van der Waals surface area (Å²) in [7, 11) is 0. The molecule has 0 atom stereocenters. The van der Waals surface area contributed by atoms with Crippen LogP contribution in [-0.2, 0) is 0 Å². The minimum atomic E-state index is -0.243. The van der Waals surface area contributed by atoms with E-state index in [1.54, 1.807) is 12.1 Å². The molecule has 0 aliphatic heterocycles. The van der Waals surface area contributed by atoms with Crippen molar-refractivity contribution >= 4 is 5.91 Å². The zero-order chi connectivity index (χ0) is 13.6. The molecule has 0 aliphatic rings. The van der Waals surface area contributed by atoms with Gasteiger partial charge in [-0.3, -0.25) is 4.79 Å². The summed E-state index contributed by atoms with van der Waals surface area (Å²) in [6.45, 7) is 7.02.